The number of aromatic nitrogens is 1. The molecule has 3 nitrogen and oxygen atoms in total. The zero-order valence-electron chi connectivity index (χ0n) is 10.1. The molecule has 2 aromatic rings. The first-order valence-electron chi connectivity index (χ1n) is 5.55. The van der Waals surface area contributed by atoms with Gasteiger partial charge in [0.05, 0.1) is 12.3 Å². The van der Waals surface area contributed by atoms with Crippen molar-refractivity contribution in [3.8, 4) is 5.75 Å². The number of ether oxygens (including phenoxy) is 1. The quantitative estimate of drug-likeness (QED) is 0.905. The van der Waals surface area contributed by atoms with Crippen molar-refractivity contribution >= 4 is 16.5 Å². The van der Waals surface area contributed by atoms with Gasteiger partial charge >= 0.3 is 0 Å². The number of anilines is 1. The lowest BCUT2D eigenvalue weighted by Crippen LogP contribution is -2.02. The molecule has 17 heavy (non-hydrogen) atoms. The molecule has 4 heteroatoms. The number of rotatable bonds is 4. The van der Waals surface area contributed by atoms with Gasteiger partial charge in [-0.15, -0.1) is 11.3 Å². The van der Waals surface area contributed by atoms with Crippen LogP contribution >= 0.6 is 11.3 Å². The largest absolute Gasteiger partial charge is 0.493 e. The van der Waals surface area contributed by atoms with E-state index in [1.54, 1.807) is 0 Å². The van der Waals surface area contributed by atoms with Gasteiger partial charge in [-0.1, -0.05) is 6.07 Å². The third-order valence-electron chi connectivity index (χ3n) is 2.67. The maximum atomic E-state index is 5.68. The standard InChI is InChI=1S/C13H16N2OS/c1-9-3-4-12(7-10(9)2)16-6-5-11-8-17-13(14)15-11/h3-4,7-8H,5-6H2,1-2H3,(H2,14,15). The molecule has 2 rings (SSSR count). The molecule has 0 atom stereocenters. The number of nitrogen functional groups attached to an aromatic ring is 1. The van der Waals surface area contributed by atoms with E-state index < -0.39 is 0 Å². The number of aryl methyl sites for hydroxylation is 2. The van der Waals surface area contributed by atoms with Crippen LogP contribution in [-0.2, 0) is 6.42 Å². The SMILES string of the molecule is Cc1ccc(OCCc2csc(N)n2)cc1C. The summed E-state index contributed by atoms with van der Waals surface area (Å²) in [6, 6.07) is 6.13. The lowest BCUT2D eigenvalue weighted by molar-refractivity contribution is 0.320. The van der Waals surface area contributed by atoms with Gasteiger partial charge in [0.25, 0.3) is 0 Å². The van der Waals surface area contributed by atoms with E-state index in [9.17, 15) is 0 Å². The highest BCUT2D eigenvalue weighted by Gasteiger charge is 2.00. The predicted octanol–water partition coefficient (Wildman–Crippen LogP) is 2.96. The molecule has 0 amide bonds. The molecule has 0 saturated carbocycles. The summed E-state index contributed by atoms with van der Waals surface area (Å²) in [7, 11) is 0. The zero-order valence-corrected chi connectivity index (χ0v) is 10.9. The summed E-state index contributed by atoms with van der Waals surface area (Å²) in [6.45, 7) is 4.81. The van der Waals surface area contributed by atoms with Crippen LogP contribution in [0.3, 0.4) is 0 Å². The molecule has 0 saturated heterocycles. The minimum atomic E-state index is 0.617. The van der Waals surface area contributed by atoms with Crippen LogP contribution in [0.25, 0.3) is 0 Å². The van der Waals surface area contributed by atoms with Gasteiger partial charge < -0.3 is 10.5 Å². The Hall–Kier alpha value is -1.55. The van der Waals surface area contributed by atoms with Gasteiger partial charge in [0.2, 0.25) is 0 Å². The summed E-state index contributed by atoms with van der Waals surface area (Å²) in [4.78, 5) is 4.19. The molecule has 0 fully saturated rings. The number of hydrogen-bond acceptors (Lipinski definition) is 4. The van der Waals surface area contributed by atoms with Gasteiger partial charge in [0, 0.05) is 11.8 Å². The molecule has 1 heterocycles. The smallest absolute Gasteiger partial charge is 0.180 e. The van der Waals surface area contributed by atoms with Gasteiger partial charge in [0.15, 0.2) is 5.13 Å². The summed E-state index contributed by atoms with van der Waals surface area (Å²) in [6.07, 6.45) is 0.792. The van der Waals surface area contributed by atoms with Crippen molar-refractivity contribution in [1.82, 2.24) is 4.98 Å². The number of hydrogen-bond donors (Lipinski definition) is 1. The van der Waals surface area contributed by atoms with Crippen LogP contribution in [0, 0.1) is 13.8 Å². The minimum absolute atomic E-state index is 0.617. The summed E-state index contributed by atoms with van der Waals surface area (Å²) < 4.78 is 5.68. The topological polar surface area (TPSA) is 48.1 Å². The first kappa shape index (κ1) is 11.9. The number of nitrogens with two attached hydrogens (primary N) is 1. The first-order valence-corrected chi connectivity index (χ1v) is 6.43. The van der Waals surface area contributed by atoms with Crippen molar-refractivity contribution in [1.29, 1.82) is 0 Å². The first-order chi connectivity index (χ1) is 8.15. The highest BCUT2D eigenvalue weighted by atomic mass is 32.1. The van der Waals surface area contributed by atoms with Gasteiger partial charge in [-0.05, 0) is 37.1 Å². The highest BCUT2D eigenvalue weighted by Crippen LogP contribution is 2.17. The molecular formula is C13H16N2OS. The molecule has 0 aliphatic rings. The molecule has 0 bridgehead atoms. The number of nitrogens with zero attached hydrogens (tertiary/aromatic N) is 1. The van der Waals surface area contributed by atoms with Gasteiger partial charge in [0.1, 0.15) is 5.75 Å². The fourth-order valence-electron chi connectivity index (χ4n) is 1.51. The van der Waals surface area contributed by atoms with Crippen LogP contribution in [0.4, 0.5) is 5.13 Å². The summed E-state index contributed by atoms with van der Waals surface area (Å²) in [5, 5.41) is 2.59. The Morgan fingerprint density at radius 3 is 2.76 bits per heavy atom. The average Bonchev–Trinajstić information content (AvgIpc) is 2.70. The molecule has 0 unspecified atom stereocenters. The minimum Gasteiger partial charge on any atom is -0.493 e. The predicted molar refractivity (Wildman–Crippen MR) is 71.6 cm³/mol. The van der Waals surface area contributed by atoms with Crippen LogP contribution in [0.1, 0.15) is 16.8 Å². The summed E-state index contributed by atoms with van der Waals surface area (Å²) in [5.41, 5.74) is 9.09. The molecule has 0 spiro atoms. The van der Waals surface area contributed by atoms with Crippen LogP contribution in [0.15, 0.2) is 23.6 Å². The van der Waals surface area contributed by atoms with E-state index in [0.717, 1.165) is 17.9 Å². The molecule has 0 aliphatic heterocycles. The van der Waals surface area contributed by atoms with E-state index in [0.29, 0.717) is 11.7 Å². The second kappa shape index (κ2) is 5.19. The Bertz CT molecular complexity index is 508. The van der Waals surface area contributed by atoms with Crippen molar-refractivity contribution in [2.75, 3.05) is 12.3 Å². The van der Waals surface area contributed by atoms with Gasteiger partial charge in [-0.25, -0.2) is 4.98 Å². The van der Waals surface area contributed by atoms with Crippen molar-refractivity contribution in [3.63, 3.8) is 0 Å². The Morgan fingerprint density at radius 2 is 2.12 bits per heavy atom. The third-order valence-corrected chi connectivity index (χ3v) is 3.40. The van der Waals surface area contributed by atoms with Gasteiger partial charge in [-0.2, -0.15) is 0 Å². The summed E-state index contributed by atoms with van der Waals surface area (Å²) in [5.74, 6) is 0.913. The normalized spacial score (nSPS) is 10.5. The average molecular weight is 248 g/mol. The molecular weight excluding hydrogens is 232 g/mol. The molecule has 2 N–H and O–H groups in total. The second-order valence-electron chi connectivity index (χ2n) is 4.02. The molecule has 0 radical (unpaired) electrons. The fourth-order valence-corrected chi connectivity index (χ4v) is 2.11. The van der Waals surface area contributed by atoms with E-state index in [4.69, 9.17) is 10.5 Å². The maximum absolute atomic E-state index is 5.68. The van der Waals surface area contributed by atoms with E-state index in [1.807, 2.05) is 11.4 Å². The van der Waals surface area contributed by atoms with Crippen LogP contribution in [0.2, 0.25) is 0 Å². The second-order valence-corrected chi connectivity index (χ2v) is 4.91. The lowest BCUT2D eigenvalue weighted by Gasteiger charge is -2.07. The lowest BCUT2D eigenvalue weighted by atomic mass is 10.1. The Balaban J connectivity index is 1.87. The van der Waals surface area contributed by atoms with Gasteiger partial charge in [-0.3, -0.25) is 0 Å². The van der Waals surface area contributed by atoms with E-state index in [1.165, 1.54) is 22.5 Å². The van der Waals surface area contributed by atoms with Crippen LogP contribution in [-0.4, -0.2) is 11.6 Å². The van der Waals surface area contributed by atoms with Crippen molar-refractivity contribution in [2.45, 2.75) is 20.3 Å². The monoisotopic (exact) mass is 248 g/mol. The summed E-state index contributed by atoms with van der Waals surface area (Å²) >= 11 is 1.47. The number of benzene rings is 1. The van der Waals surface area contributed by atoms with E-state index >= 15 is 0 Å². The Labute approximate surface area is 105 Å². The van der Waals surface area contributed by atoms with E-state index in [-0.39, 0.29) is 0 Å². The third kappa shape index (κ3) is 3.20. The maximum Gasteiger partial charge on any atom is 0.180 e. The van der Waals surface area contributed by atoms with Crippen molar-refractivity contribution in [3.05, 3.63) is 40.4 Å². The molecule has 1 aromatic carbocycles. The highest BCUT2D eigenvalue weighted by molar-refractivity contribution is 7.13. The molecule has 0 aliphatic carbocycles. The van der Waals surface area contributed by atoms with Crippen molar-refractivity contribution in [2.24, 2.45) is 0 Å². The fraction of sp³-hybridized carbons (Fsp3) is 0.308. The molecule has 90 valence electrons. The number of thiazole rings is 1. The Morgan fingerprint density at radius 1 is 1.29 bits per heavy atom. The van der Waals surface area contributed by atoms with Crippen molar-refractivity contribution < 1.29 is 4.74 Å². The van der Waals surface area contributed by atoms with Crippen LogP contribution < -0.4 is 10.5 Å². The molecule has 1 aromatic heterocycles. The zero-order chi connectivity index (χ0) is 12.3. The van der Waals surface area contributed by atoms with E-state index in [2.05, 4.69) is 31.0 Å². The van der Waals surface area contributed by atoms with Crippen LogP contribution in [0.5, 0.6) is 5.75 Å². The Kier molecular flexibility index (Phi) is 3.64.